The average Bonchev–Trinajstić information content (AvgIpc) is 2.82. The maximum absolute atomic E-state index is 13.1. The molecule has 6 nitrogen and oxygen atoms in total. The van der Waals surface area contributed by atoms with E-state index < -0.39 is 17.8 Å². The highest BCUT2D eigenvalue weighted by atomic mass is 35.5. The van der Waals surface area contributed by atoms with Gasteiger partial charge in [-0.15, -0.1) is 0 Å². The Balaban J connectivity index is 2.09. The number of carbonyl (C=O) groups excluding carboxylic acids is 1. The molecule has 1 atom stereocenters. The molecule has 0 fully saturated rings. The summed E-state index contributed by atoms with van der Waals surface area (Å²) in [4.78, 5) is 23.6. The van der Waals surface area contributed by atoms with Crippen LogP contribution in [-0.2, 0) is 22.6 Å². The van der Waals surface area contributed by atoms with Gasteiger partial charge in [0.2, 0.25) is 5.91 Å². The molecule has 26 heavy (non-hydrogen) atoms. The normalized spacial score (nSPS) is 12.0. The van der Waals surface area contributed by atoms with Gasteiger partial charge in [-0.05, 0) is 38.0 Å². The standard InChI is InChI=1S/C18H21ClFN3O3/c1-4-16(18(25)26)23-11(3)14(10(2)22-23)8-17(24)21-9-12-5-6-13(20)7-15(12)19/h5-7,16H,4,8-9H2,1-3H3,(H,21,24)(H,25,26). The fourth-order valence-corrected chi connectivity index (χ4v) is 3.02. The van der Waals surface area contributed by atoms with Gasteiger partial charge in [-0.3, -0.25) is 9.48 Å². The lowest BCUT2D eigenvalue weighted by Gasteiger charge is -2.13. The molecule has 0 bridgehead atoms. The number of nitrogens with one attached hydrogen (secondary N) is 1. The smallest absolute Gasteiger partial charge is 0.328 e. The first-order valence-corrected chi connectivity index (χ1v) is 8.60. The summed E-state index contributed by atoms with van der Waals surface area (Å²) in [5.41, 5.74) is 2.60. The molecule has 0 radical (unpaired) electrons. The second kappa shape index (κ2) is 8.31. The summed E-state index contributed by atoms with van der Waals surface area (Å²) in [6.07, 6.45) is 0.471. The average molecular weight is 382 g/mol. The van der Waals surface area contributed by atoms with Crippen LogP contribution in [0.25, 0.3) is 0 Å². The molecule has 1 aromatic carbocycles. The molecular formula is C18H21ClFN3O3. The van der Waals surface area contributed by atoms with Crippen molar-refractivity contribution in [3.8, 4) is 0 Å². The third-order valence-corrected chi connectivity index (χ3v) is 4.62. The van der Waals surface area contributed by atoms with E-state index in [1.807, 2.05) is 0 Å². The van der Waals surface area contributed by atoms with Crippen LogP contribution in [0, 0.1) is 19.7 Å². The highest BCUT2D eigenvalue weighted by Gasteiger charge is 2.24. The Bertz CT molecular complexity index is 835. The second-order valence-electron chi connectivity index (χ2n) is 6.05. The van der Waals surface area contributed by atoms with Crippen molar-refractivity contribution in [1.29, 1.82) is 0 Å². The molecule has 140 valence electrons. The van der Waals surface area contributed by atoms with Crippen LogP contribution >= 0.6 is 11.6 Å². The number of aryl methyl sites for hydroxylation is 1. The maximum Gasteiger partial charge on any atom is 0.328 e. The first-order valence-electron chi connectivity index (χ1n) is 8.22. The number of rotatable bonds is 7. The molecule has 0 spiro atoms. The number of carboxylic acid groups (broad SMARTS) is 1. The van der Waals surface area contributed by atoms with Crippen molar-refractivity contribution >= 4 is 23.5 Å². The summed E-state index contributed by atoms with van der Waals surface area (Å²) in [6, 6.07) is 3.23. The number of benzene rings is 1. The Kier molecular flexibility index (Phi) is 6.37. The monoisotopic (exact) mass is 381 g/mol. The van der Waals surface area contributed by atoms with E-state index in [1.165, 1.54) is 22.9 Å². The number of aliphatic carboxylic acids is 1. The molecule has 1 amide bonds. The highest BCUT2D eigenvalue weighted by Crippen LogP contribution is 2.21. The number of aromatic nitrogens is 2. The predicted molar refractivity (Wildman–Crippen MR) is 95.6 cm³/mol. The number of amides is 1. The Morgan fingerprint density at radius 3 is 2.65 bits per heavy atom. The van der Waals surface area contributed by atoms with Gasteiger partial charge in [0.15, 0.2) is 0 Å². The van der Waals surface area contributed by atoms with Crippen LogP contribution in [0.4, 0.5) is 4.39 Å². The van der Waals surface area contributed by atoms with Crippen molar-refractivity contribution in [1.82, 2.24) is 15.1 Å². The van der Waals surface area contributed by atoms with Crippen molar-refractivity contribution in [3.05, 3.63) is 51.6 Å². The van der Waals surface area contributed by atoms with Crippen molar-refractivity contribution < 1.29 is 19.1 Å². The maximum atomic E-state index is 13.1. The van der Waals surface area contributed by atoms with Gasteiger partial charge >= 0.3 is 5.97 Å². The van der Waals surface area contributed by atoms with Crippen molar-refractivity contribution in [3.63, 3.8) is 0 Å². The number of carbonyl (C=O) groups is 2. The minimum atomic E-state index is -0.958. The molecule has 2 rings (SSSR count). The van der Waals surface area contributed by atoms with Gasteiger partial charge in [-0.25, -0.2) is 9.18 Å². The van der Waals surface area contributed by atoms with Gasteiger partial charge in [0, 0.05) is 22.8 Å². The zero-order valence-electron chi connectivity index (χ0n) is 14.8. The summed E-state index contributed by atoms with van der Waals surface area (Å²) in [5.74, 6) is -1.65. The van der Waals surface area contributed by atoms with Crippen LogP contribution in [-0.4, -0.2) is 26.8 Å². The summed E-state index contributed by atoms with van der Waals surface area (Å²) < 4.78 is 14.5. The molecule has 0 saturated heterocycles. The molecule has 8 heteroatoms. The zero-order chi connectivity index (χ0) is 19.4. The molecule has 0 aliphatic rings. The van der Waals surface area contributed by atoms with Gasteiger partial charge in [0.25, 0.3) is 0 Å². The van der Waals surface area contributed by atoms with Crippen LogP contribution in [0.15, 0.2) is 18.2 Å². The SMILES string of the molecule is CCC(C(=O)O)n1nc(C)c(CC(=O)NCc2ccc(F)cc2Cl)c1C. The summed E-state index contributed by atoms with van der Waals surface area (Å²) in [5, 5.41) is 16.6. The van der Waals surface area contributed by atoms with Gasteiger partial charge < -0.3 is 10.4 Å². The molecule has 0 aliphatic carbocycles. The number of halogens is 2. The molecule has 0 saturated carbocycles. The zero-order valence-corrected chi connectivity index (χ0v) is 15.6. The third-order valence-electron chi connectivity index (χ3n) is 4.27. The molecule has 1 heterocycles. The fraction of sp³-hybridized carbons (Fsp3) is 0.389. The fourth-order valence-electron chi connectivity index (χ4n) is 2.79. The van der Waals surface area contributed by atoms with Crippen LogP contribution in [0.3, 0.4) is 0 Å². The van der Waals surface area contributed by atoms with Gasteiger partial charge in [-0.2, -0.15) is 5.10 Å². The third kappa shape index (κ3) is 4.40. The minimum Gasteiger partial charge on any atom is -0.480 e. The number of hydrogen-bond acceptors (Lipinski definition) is 3. The van der Waals surface area contributed by atoms with E-state index in [0.717, 1.165) is 0 Å². The summed E-state index contributed by atoms with van der Waals surface area (Å²) in [6.45, 7) is 5.45. The van der Waals surface area contributed by atoms with Gasteiger partial charge in [0.1, 0.15) is 11.9 Å². The van der Waals surface area contributed by atoms with Crippen LogP contribution in [0.5, 0.6) is 0 Å². The molecule has 2 aromatic rings. The van der Waals surface area contributed by atoms with Gasteiger partial charge in [0.05, 0.1) is 12.1 Å². The van der Waals surface area contributed by atoms with E-state index in [9.17, 15) is 19.1 Å². The molecule has 1 unspecified atom stereocenters. The predicted octanol–water partition coefficient (Wildman–Crippen LogP) is 3.19. The Hall–Kier alpha value is -2.41. The molecular weight excluding hydrogens is 361 g/mol. The summed E-state index contributed by atoms with van der Waals surface area (Å²) in [7, 11) is 0. The topological polar surface area (TPSA) is 84.2 Å². The van der Waals surface area contributed by atoms with Crippen LogP contribution < -0.4 is 5.32 Å². The minimum absolute atomic E-state index is 0.0759. The first-order chi connectivity index (χ1) is 12.2. The Labute approximate surface area is 156 Å². The van der Waals surface area contributed by atoms with Crippen molar-refractivity contribution in [2.45, 2.75) is 46.2 Å². The summed E-state index contributed by atoms with van der Waals surface area (Å²) >= 11 is 5.95. The highest BCUT2D eigenvalue weighted by molar-refractivity contribution is 6.31. The van der Waals surface area contributed by atoms with E-state index in [0.29, 0.717) is 28.9 Å². The van der Waals surface area contributed by atoms with E-state index in [4.69, 9.17) is 11.6 Å². The lowest BCUT2D eigenvalue weighted by Crippen LogP contribution is -2.25. The lowest BCUT2D eigenvalue weighted by molar-refractivity contribution is -0.141. The largest absolute Gasteiger partial charge is 0.480 e. The number of carboxylic acids is 1. The van der Waals surface area contributed by atoms with Crippen LogP contribution in [0.2, 0.25) is 5.02 Å². The quantitative estimate of drug-likeness (QED) is 0.771. The van der Waals surface area contributed by atoms with E-state index in [-0.39, 0.29) is 23.9 Å². The first kappa shape index (κ1) is 19.9. The molecule has 1 aromatic heterocycles. The van der Waals surface area contributed by atoms with Crippen LogP contribution in [0.1, 0.15) is 41.9 Å². The van der Waals surface area contributed by atoms with E-state index in [2.05, 4.69) is 10.4 Å². The van der Waals surface area contributed by atoms with Gasteiger partial charge in [-0.1, -0.05) is 24.6 Å². The Morgan fingerprint density at radius 2 is 2.08 bits per heavy atom. The number of nitrogens with zero attached hydrogens (tertiary/aromatic N) is 2. The van der Waals surface area contributed by atoms with Crippen molar-refractivity contribution in [2.75, 3.05) is 0 Å². The lowest BCUT2D eigenvalue weighted by atomic mass is 10.1. The molecule has 2 N–H and O–H groups in total. The van der Waals surface area contributed by atoms with E-state index >= 15 is 0 Å². The Morgan fingerprint density at radius 1 is 1.38 bits per heavy atom. The number of hydrogen-bond donors (Lipinski definition) is 2. The molecule has 0 aliphatic heterocycles. The van der Waals surface area contributed by atoms with E-state index in [1.54, 1.807) is 20.8 Å². The second-order valence-corrected chi connectivity index (χ2v) is 6.45. The van der Waals surface area contributed by atoms with Crippen molar-refractivity contribution in [2.24, 2.45) is 0 Å².